The molecule has 1 aromatic carbocycles. The molecule has 1 unspecified atom stereocenters. The summed E-state index contributed by atoms with van der Waals surface area (Å²) in [4.78, 5) is 23.8. The van der Waals surface area contributed by atoms with Gasteiger partial charge in [0.25, 0.3) is 5.91 Å². The maximum Gasteiger partial charge on any atom is 0.330 e. The number of carboxylic acids is 1. The third-order valence-electron chi connectivity index (χ3n) is 2.44. The fraction of sp³-hybridized carbons (Fsp3) is 0.333. The summed E-state index contributed by atoms with van der Waals surface area (Å²) in [6.45, 7) is 2.58. The van der Waals surface area contributed by atoms with Crippen molar-refractivity contribution in [3.8, 4) is 0 Å². The van der Waals surface area contributed by atoms with Gasteiger partial charge in [-0.05, 0) is 12.5 Å². The van der Waals surface area contributed by atoms with E-state index in [2.05, 4.69) is 0 Å². The Hall–Kier alpha value is -1.88. The predicted molar refractivity (Wildman–Crippen MR) is 63.1 cm³/mol. The first kappa shape index (κ1) is 13.2. The molecular formula is C12H16N2O3. The Morgan fingerprint density at radius 1 is 1.35 bits per heavy atom. The summed E-state index contributed by atoms with van der Waals surface area (Å²) in [7, 11) is 0. The number of carboxylic acid groups (broad SMARTS) is 1. The molecular weight excluding hydrogens is 220 g/mol. The van der Waals surface area contributed by atoms with Crippen LogP contribution < -0.4 is 5.73 Å². The molecule has 0 heterocycles. The summed E-state index contributed by atoms with van der Waals surface area (Å²) in [5.74, 6) is -1.87. The quantitative estimate of drug-likeness (QED) is 0.727. The standard InChI is InChI=1S/C12H16N2O3/c1-2-14(11(15)10(13)12(16)17)8-9-6-4-3-5-7-9/h3-7,10H,2,8,13H2,1H3,(H,16,17). The number of carbonyl (C=O) groups is 2. The molecule has 92 valence electrons. The van der Waals surface area contributed by atoms with Crippen LogP contribution in [0.1, 0.15) is 12.5 Å². The van der Waals surface area contributed by atoms with Crippen LogP contribution in [0, 0.1) is 0 Å². The number of nitrogens with two attached hydrogens (primary N) is 1. The van der Waals surface area contributed by atoms with E-state index in [0.29, 0.717) is 13.1 Å². The molecule has 0 radical (unpaired) electrons. The van der Waals surface area contributed by atoms with Crippen molar-refractivity contribution in [3.05, 3.63) is 35.9 Å². The highest BCUT2D eigenvalue weighted by molar-refractivity contribution is 6.00. The Labute approximate surface area is 99.8 Å². The monoisotopic (exact) mass is 236 g/mol. The Kier molecular flexibility index (Phi) is 4.66. The minimum atomic E-state index is -1.49. The van der Waals surface area contributed by atoms with Gasteiger partial charge in [0.05, 0.1) is 0 Å². The molecule has 5 heteroatoms. The summed E-state index contributed by atoms with van der Waals surface area (Å²) in [6.07, 6.45) is 0. The van der Waals surface area contributed by atoms with Gasteiger partial charge in [-0.25, -0.2) is 4.79 Å². The SMILES string of the molecule is CCN(Cc1ccccc1)C(=O)C(N)C(=O)O. The number of carbonyl (C=O) groups excluding carboxylic acids is 1. The first-order valence-electron chi connectivity index (χ1n) is 5.37. The van der Waals surface area contributed by atoms with Gasteiger partial charge in [-0.2, -0.15) is 0 Å². The summed E-state index contributed by atoms with van der Waals surface area (Å²) in [5, 5.41) is 8.69. The lowest BCUT2D eigenvalue weighted by molar-refractivity contribution is -0.146. The summed E-state index contributed by atoms with van der Waals surface area (Å²) in [5.41, 5.74) is 6.24. The lowest BCUT2D eigenvalue weighted by Crippen LogP contribution is -2.47. The van der Waals surface area contributed by atoms with Crippen molar-refractivity contribution in [2.75, 3.05) is 6.54 Å². The number of nitrogens with zero attached hydrogens (tertiary/aromatic N) is 1. The van der Waals surface area contributed by atoms with Gasteiger partial charge < -0.3 is 15.7 Å². The number of hydrogen-bond acceptors (Lipinski definition) is 3. The number of aliphatic carboxylic acids is 1. The van der Waals surface area contributed by atoms with Gasteiger partial charge in [0.2, 0.25) is 0 Å². The van der Waals surface area contributed by atoms with Crippen molar-refractivity contribution in [1.29, 1.82) is 0 Å². The maximum atomic E-state index is 11.7. The zero-order valence-corrected chi connectivity index (χ0v) is 9.67. The van der Waals surface area contributed by atoms with Crippen molar-refractivity contribution < 1.29 is 14.7 Å². The van der Waals surface area contributed by atoms with Crippen molar-refractivity contribution in [3.63, 3.8) is 0 Å². The van der Waals surface area contributed by atoms with Gasteiger partial charge in [0.1, 0.15) is 0 Å². The molecule has 1 rings (SSSR count). The zero-order valence-electron chi connectivity index (χ0n) is 9.67. The fourth-order valence-corrected chi connectivity index (χ4v) is 1.45. The summed E-state index contributed by atoms with van der Waals surface area (Å²) >= 11 is 0. The molecule has 0 spiro atoms. The van der Waals surface area contributed by atoms with Crippen molar-refractivity contribution in [1.82, 2.24) is 4.90 Å². The van der Waals surface area contributed by atoms with Crippen LogP contribution in [0.25, 0.3) is 0 Å². The number of benzene rings is 1. The molecule has 0 bridgehead atoms. The topological polar surface area (TPSA) is 83.6 Å². The predicted octanol–water partition coefficient (Wildman–Crippen LogP) is 0.447. The Balaban J connectivity index is 2.72. The van der Waals surface area contributed by atoms with Crippen LogP contribution in [0.4, 0.5) is 0 Å². The van der Waals surface area contributed by atoms with Gasteiger partial charge in [0.15, 0.2) is 6.04 Å². The van der Waals surface area contributed by atoms with Gasteiger partial charge in [-0.1, -0.05) is 30.3 Å². The van der Waals surface area contributed by atoms with E-state index in [1.54, 1.807) is 6.92 Å². The van der Waals surface area contributed by atoms with E-state index in [1.165, 1.54) is 4.90 Å². The number of hydrogen-bond donors (Lipinski definition) is 2. The summed E-state index contributed by atoms with van der Waals surface area (Å²) < 4.78 is 0. The molecule has 0 aliphatic carbocycles. The van der Waals surface area contributed by atoms with Crippen LogP contribution in [-0.2, 0) is 16.1 Å². The average molecular weight is 236 g/mol. The van der Waals surface area contributed by atoms with E-state index < -0.39 is 17.9 Å². The molecule has 0 fully saturated rings. The molecule has 3 N–H and O–H groups in total. The Morgan fingerprint density at radius 3 is 2.41 bits per heavy atom. The van der Waals surface area contributed by atoms with Crippen LogP contribution >= 0.6 is 0 Å². The van der Waals surface area contributed by atoms with E-state index in [1.807, 2.05) is 30.3 Å². The van der Waals surface area contributed by atoms with E-state index in [4.69, 9.17) is 10.8 Å². The van der Waals surface area contributed by atoms with Crippen LogP contribution in [0.2, 0.25) is 0 Å². The van der Waals surface area contributed by atoms with Gasteiger partial charge >= 0.3 is 5.97 Å². The highest BCUT2D eigenvalue weighted by Gasteiger charge is 2.25. The molecule has 1 amide bonds. The third kappa shape index (κ3) is 3.57. The molecule has 17 heavy (non-hydrogen) atoms. The van der Waals surface area contributed by atoms with E-state index >= 15 is 0 Å². The number of likely N-dealkylation sites (N-methyl/N-ethyl adjacent to an activating group) is 1. The molecule has 5 nitrogen and oxygen atoms in total. The molecule has 1 aromatic rings. The Morgan fingerprint density at radius 2 is 1.94 bits per heavy atom. The lowest BCUT2D eigenvalue weighted by atomic mass is 10.2. The van der Waals surface area contributed by atoms with Gasteiger partial charge in [0, 0.05) is 13.1 Å². The van der Waals surface area contributed by atoms with Crippen LogP contribution in [0.5, 0.6) is 0 Å². The zero-order chi connectivity index (χ0) is 12.8. The van der Waals surface area contributed by atoms with Gasteiger partial charge in [-0.15, -0.1) is 0 Å². The minimum absolute atomic E-state index is 0.372. The number of rotatable bonds is 5. The van der Waals surface area contributed by atoms with Gasteiger partial charge in [-0.3, -0.25) is 4.79 Å². The Bertz CT molecular complexity index is 392. The van der Waals surface area contributed by atoms with Crippen LogP contribution in [0.15, 0.2) is 30.3 Å². The smallest absolute Gasteiger partial charge is 0.330 e. The molecule has 1 atom stereocenters. The first-order chi connectivity index (χ1) is 8.06. The molecule has 0 saturated heterocycles. The largest absolute Gasteiger partial charge is 0.480 e. The van der Waals surface area contributed by atoms with Crippen LogP contribution in [-0.4, -0.2) is 34.5 Å². The molecule has 0 saturated carbocycles. The second-order valence-corrected chi connectivity index (χ2v) is 3.65. The van der Waals surface area contributed by atoms with E-state index in [-0.39, 0.29) is 0 Å². The van der Waals surface area contributed by atoms with Crippen molar-refractivity contribution >= 4 is 11.9 Å². The number of amides is 1. The first-order valence-corrected chi connectivity index (χ1v) is 5.37. The lowest BCUT2D eigenvalue weighted by Gasteiger charge is -2.22. The maximum absolute atomic E-state index is 11.7. The average Bonchev–Trinajstić information content (AvgIpc) is 2.35. The molecule has 0 aromatic heterocycles. The molecule has 0 aliphatic heterocycles. The fourth-order valence-electron chi connectivity index (χ4n) is 1.45. The van der Waals surface area contributed by atoms with E-state index in [9.17, 15) is 9.59 Å². The van der Waals surface area contributed by atoms with Crippen molar-refractivity contribution in [2.24, 2.45) is 5.73 Å². The highest BCUT2D eigenvalue weighted by atomic mass is 16.4. The van der Waals surface area contributed by atoms with E-state index in [0.717, 1.165) is 5.56 Å². The summed E-state index contributed by atoms with van der Waals surface area (Å²) in [6, 6.07) is 7.88. The second-order valence-electron chi connectivity index (χ2n) is 3.65. The van der Waals surface area contributed by atoms with Crippen LogP contribution in [0.3, 0.4) is 0 Å². The van der Waals surface area contributed by atoms with Crippen molar-refractivity contribution in [2.45, 2.75) is 19.5 Å². The second kappa shape index (κ2) is 6.00. The third-order valence-corrected chi connectivity index (χ3v) is 2.44. The minimum Gasteiger partial charge on any atom is -0.480 e. The normalized spacial score (nSPS) is 11.9. The molecule has 0 aliphatic rings. The highest BCUT2D eigenvalue weighted by Crippen LogP contribution is 2.05.